The maximum absolute atomic E-state index is 13.1. The Balaban J connectivity index is 1.90. The number of carbonyl (C=O) groups is 1. The second-order valence-corrected chi connectivity index (χ2v) is 7.29. The predicted octanol–water partition coefficient (Wildman–Crippen LogP) is 0.689. The van der Waals surface area contributed by atoms with Gasteiger partial charge in [-0.15, -0.1) is 0 Å². The molecule has 0 spiro atoms. The van der Waals surface area contributed by atoms with E-state index in [2.05, 4.69) is 5.32 Å². The van der Waals surface area contributed by atoms with Gasteiger partial charge in [0.25, 0.3) is 0 Å². The highest BCUT2D eigenvalue weighted by molar-refractivity contribution is 7.89. The summed E-state index contributed by atoms with van der Waals surface area (Å²) in [4.78, 5) is 11.7. The average molecular weight is 300 g/mol. The van der Waals surface area contributed by atoms with Crippen LogP contribution in [0.5, 0.6) is 0 Å². The molecule has 1 amide bonds. The first kappa shape index (κ1) is 14.9. The molecule has 20 heavy (non-hydrogen) atoms. The molecule has 0 bridgehead atoms. The summed E-state index contributed by atoms with van der Waals surface area (Å²) in [5.74, 6) is -1.33. The Bertz CT molecular complexity index is 616. The molecule has 7 heteroatoms. The van der Waals surface area contributed by atoms with Crippen LogP contribution in [0.15, 0.2) is 24.3 Å². The highest BCUT2D eigenvalue weighted by atomic mass is 32.2. The van der Waals surface area contributed by atoms with Gasteiger partial charge in [0.05, 0.1) is 0 Å². The Morgan fingerprint density at radius 2 is 2.15 bits per heavy atom. The van der Waals surface area contributed by atoms with Crippen LogP contribution in [0.2, 0.25) is 0 Å². The van der Waals surface area contributed by atoms with Crippen molar-refractivity contribution < 1.29 is 17.6 Å². The molecule has 0 radical (unpaired) electrons. The summed E-state index contributed by atoms with van der Waals surface area (Å²) < 4.78 is 37.2. The average Bonchev–Trinajstić information content (AvgIpc) is 3.07. The topological polar surface area (TPSA) is 66.5 Å². The van der Waals surface area contributed by atoms with Gasteiger partial charge in [-0.25, -0.2) is 17.1 Å². The van der Waals surface area contributed by atoms with Gasteiger partial charge in [0.2, 0.25) is 15.9 Å². The Morgan fingerprint density at radius 3 is 2.75 bits per heavy atom. The number of hydrogen-bond donors (Lipinski definition) is 1. The summed E-state index contributed by atoms with van der Waals surface area (Å²) in [5.41, 5.74) is 0.825. The number of nitrogens with one attached hydrogen (secondary N) is 1. The van der Waals surface area contributed by atoms with Crippen molar-refractivity contribution in [3.63, 3.8) is 0 Å². The third kappa shape index (κ3) is 3.55. The van der Waals surface area contributed by atoms with Gasteiger partial charge in [-0.3, -0.25) is 4.79 Å². The Morgan fingerprint density at radius 1 is 1.45 bits per heavy atom. The van der Waals surface area contributed by atoms with Crippen molar-refractivity contribution in [3.8, 4) is 0 Å². The molecule has 1 aromatic carbocycles. The molecular formula is C13H17FN2O3S. The van der Waals surface area contributed by atoms with E-state index in [0.717, 1.165) is 9.87 Å². The van der Waals surface area contributed by atoms with Crippen molar-refractivity contribution in [2.24, 2.45) is 0 Å². The van der Waals surface area contributed by atoms with Gasteiger partial charge >= 0.3 is 0 Å². The fourth-order valence-corrected chi connectivity index (χ4v) is 2.68. The summed E-state index contributed by atoms with van der Waals surface area (Å²) in [5, 5.41) is 2.67. The van der Waals surface area contributed by atoms with Crippen LogP contribution in [0, 0.1) is 5.82 Å². The lowest BCUT2D eigenvalue weighted by Crippen LogP contribution is -2.37. The van der Waals surface area contributed by atoms with Gasteiger partial charge < -0.3 is 5.32 Å². The molecule has 5 nitrogen and oxygen atoms in total. The minimum atomic E-state index is -3.54. The molecule has 0 heterocycles. The summed E-state index contributed by atoms with van der Waals surface area (Å²) in [7, 11) is -0.774. The van der Waals surface area contributed by atoms with Gasteiger partial charge in [-0.1, -0.05) is 12.1 Å². The van der Waals surface area contributed by atoms with Crippen LogP contribution in [-0.2, 0) is 14.8 Å². The van der Waals surface area contributed by atoms with Crippen LogP contribution in [0.1, 0.15) is 17.9 Å². The Labute approximate surface area is 117 Å². The number of rotatable bonds is 5. The largest absolute Gasteiger partial charge is 0.352 e. The van der Waals surface area contributed by atoms with Crippen LogP contribution in [0.3, 0.4) is 0 Å². The van der Waals surface area contributed by atoms with Gasteiger partial charge in [0.1, 0.15) is 11.6 Å². The molecule has 0 saturated heterocycles. The lowest BCUT2D eigenvalue weighted by molar-refractivity contribution is -0.118. The lowest BCUT2D eigenvalue weighted by Gasteiger charge is -2.11. The van der Waals surface area contributed by atoms with Crippen molar-refractivity contribution >= 4 is 15.9 Å². The number of carbonyl (C=O) groups excluding carboxylic acids is 1. The third-order valence-corrected chi connectivity index (χ3v) is 5.02. The summed E-state index contributed by atoms with van der Waals surface area (Å²) in [6.45, 7) is 0. The van der Waals surface area contributed by atoms with E-state index in [1.54, 1.807) is 12.1 Å². The first-order valence-electron chi connectivity index (χ1n) is 6.24. The maximum Gasteiger partial charge on any atom is 0.236 e. The van der Waals surface area contributed by atoms with E-state index in [4.69, 9.17) is 0 Å². The van der Waals surface area contributed by atoms with Crippen LogP contribution in [0.4, 0.5) is 4.39 Å². The Hall–Kier alpha value is -1.47. The van der Waals surface area contributed by atoms with Crippen LogP contribution in [0.25, 0.3) is 0 Å². The number of hydrogen-bond acceptors (Lipinski definition) is 3. The van der Waals surface area contributed by atoms with E-state index in [0.29, 0.717) is 6.42 Å². The molecule has 1 N–H and O–H groups in total. The van der Waals surface area contributed by atoms with E-state index >= 15 is 0 Å². The molecule has 0 unspecified atom stereocenters. The normalized spacial score (nSPS) is 21.8. The second-order valence-electron chi connectivity index (χ2n) is 5.11. The number of amides is 1. The van der Waals surface area contributed by atoms with Crippen molar-refractivity contribution in [2.75, 3.05) is 19.8 Å². The van der Waals surface area contributed by atoms with Crippen molar-refractivity contribution in [1.29, 1.82) is 0 Å². The molecule has 2 rings (SSSR count). The van der Waals surface area contributed by atoms with E-state index in [1.165, 1.54) is 26.2 Å². The zero-order valence-electron chi connectivity index (χ0n) is 11.3. The smallest absolute Gasteiger partial charge is 0.236 e. The highest BCUT2D eigenvalue weighted by Gasteiger charge is 2.40. The van der Waals surface area contributed by atoms with Crippen LogP contribution < -0.4 is 5.32 Å². The van der Waals surface area contributed by atoms with Gasteiger partial charge in [-0.2, -0.15) is 0 Å². The zero-order valence-corrected chi connectivity index (χ0v) is 12.2. The number of nitrogens with zero attached hydrogens (tertiary/aromatic N) is 1. The number of benzene rings is 1. The first-order valence-corrected chi connectivity index (χ1v) is 7.85. The van der Waals surface area contributed by atoms with E-state index in [1.807, 2.05) is 0 Å². The number of sulfonamides is 1. The Kier molecular flexibility index (Phi) is 4.10. The van der Waals surface area contributed by atoms with Gasteiger partial charge in [0, 0.05) is 26.1 Å². The number of halogens is 1. The molecule has 1 saturated carbocycles. The minimum Gasteiger partial charge on any atom is -0.352 e. The molecule has 0 aromatic heterocycles. The van der Waals surface area contributed by atoms with Crippen LogP contribution >= 0.6 is 0 Å². The molecule has 110 valence electrons. The van der Waals surface area contributed by atoms with E-state index in [-0.39, 0.29) is 17.8 Å². The third-order valence-electron chi connectivity index (χ3n) is 3.28. The van der Waals surface area contributed by atoms with E-state index in [9.17, 15) is 17.6 Å². The SMILES string of the molecule is CN(C)S(=O)(=O)CC(=O)N[C@@H]1C[C@H]1c1cccc(F)c1. The maximum atomic E-state index is 13.1. The van der Waals surface area contributed by atoms with Crippen molar-refractivity contribution in [3.05, 3.63) is 35.6 Å². The second kappa shape index (κ2) is 5.49. The van der Waals surface area contributed by atoms with Crippen molar-refractivity contribution in [2.45, 2.75) is 18.4 Å². The molecule has 1 fully saturated rings. The van der Waals surface area contributed by atoms with Crippen LogP contribution in [-0.4, -0.2) is 44.5 Å². The fourth-order valence-electron chi connectivity index (χ4n) is 2.00. The minimum absolute atomic E-state index is 0.0664. The fraction of sp³-hybridized carbons (Fsp3) is 0.462. The molecule has 1 aliphatic rings. The summed E-state index contributed by atoms with van der Waals surface area (Å²) >= 11 is 0. The monoisotopic (exact) mass is 300 g/mol. The van der Waals surface area contributed by atoms with E-state index < -0.39 is 21.7 Å². The van der Waals surface area contributed by atoms with Gasteiger partial charge in [-0.05, 0) is 24.1 Å². The summed E-state index contributed by atoms with van der Waals surface area (Å²) in [6.07, 6.45) is 0.706. The molecule has 1 aromatic rings. The molecule has 2 atom stereocenters. The molecule has 0 aliphatic heterocycles. The summed E-state index contributed by atoms with van der Waals surface area (Å²) in [6, 6.07) is 6.12. The molecule has 1 aliphatic carbocycles. The highest BCUT2D eigenvalue weighted by Crippen LogP contribution is 2.40. The predicted molar refractivity (Wildman–Crippen MR) is 73.2 cm³/mol. The molecular weight excluding hydrogens is 283 g/mol. The zero-order chi connectivity index (χ0) is 14.9. The van der Waals surface area contributed by atoms with Gasteiger partial charge in [0.15, 0.2) is 0 Å². The standard InChI is InChI=1S/C13H17FN2O3S/c1-16(2)20(18,19)8-13(17)15-12-7-11(12)9-4-3-5-10(14)6-9/h3-6,11-12H,7-8H2,1-2H3,(H,15,17)/t11-,12+/m0/s1. The lowest BCUT2D eigenvalue weighted by atomic mass is 10.1. The van der Waals surface area contributed by atoms with Crippen molar-refractivity contribution in [1.82, 2.24) is 9.62 Å². The first-order chi connectivity index (χ1) is 9.29. The quantitative estimate of drug-likeness (QED) is 0.870.